The quantitative estimate of drug-likeness (QED) is 0.760. The SMILES string of the molecule is CC(C)C[C@@H](NC(=O)C1CCC(C)O1)C(=O)O. The molecule has 1 rings (SSSR count). The van der Waals surface area contributed by atoms with E-state index in [0.29, 0.717) is 12.8 Å². The fourth-order valence-electron chi connectivity index (χ4n) is 1.95. The van der Waals surface area contributed by atoms with E-state index in [0.717, 1.165) is 6.42 Å². The predicted octanol–water partition coefficient (Wildman–Crippen LogP) is 1.17. The maximum Gasteiger partial charge on any atom is 0.326 e. The van der Waals surface area contributed by atoms with E-state index >= 15 is 0 Å². The lowest BCUT2D eigenvalue weighted by molar-refractivity contribution is -0.144. The lowest BCUT2D eigenvalue weighted by Crippen LogP contribution is -2.46. The Morgan fingerprint density at radius 2 is 2.06 bits per heavy atom. The Balaban J connectivity index is 2.49. The topological polar surface area (TPSA) is 75.6 Å². The van der Waals surface area contributed by atoms with Crippen LogP contribution in [0.4, 0.5) is 0 Å². The maximum atomic E-state index is 11.8. The highest BCUT2D eigenvalue weighted by atomic mass is 16.5. The largest absolute Gasteiger partial charge is 0.480 e. The molecule has 17 heavy (non-hydrogen) atoms. The Hall–Kier alpha value is -1.10. The number of rotatable bonds is 5. The first-order valence-electron chi connectivity index (χ1n) is 6.08. The molecule has 1 saturated heterocycles. The van der Waals surface area contributed by atoms with Gasteiger partial charge in [0, 0.05) is 0 Å². The van der Waals surface area contributed by atoms with Gasteiger partial charge in [-0.05, 0) is 32.1 Å². The van der Waals surface area contributed by atoms with E-state index < -0.39 is 18.1 Å². The number of carboxylic acid groups (broad SMARTS) is 1. The van der Waals surface area contributed by atoms with Crippen LogP contribution in [0.3, 0.4) is 0 Å². The van der Waals surface area contributed by atoms with E-state index in [1.165, 1.54) is 0 Å². The minimum absolute atomic E-state index is 0.0825. The first kappa shape index (κ1) is 14.0. The van der Waals surface area contributed by atoms with E-state index in [9.17, 15) is 9.59 Å². The van der Waals surface area contributed by atoms with Gasteiger partial charge in [0.15, 0.2) is 0 Å². The Labute approximate surface area is 102 Å². The molecule has 1 heterocycles. The van der Waals surface area contributed by atoms with Crippen molar-refractivity contribution in [2.75, 3.05) is 0 Å². The van der Waals surface area contributed by atoms with Crippen molar-refractivity contribution in [2.24, 2.45) is 5.92 Å². The van der Waals surface area contributed by atoms with Gasteiger partial charge in [0.2, 0.25) is 5.91 Å². The van der Waals surface area contributed by atoms with Crippen LogP contribution in [0.25, 0.3) is 0 Å². The number of aliphatic carboxylic acids is 1. The molecule has 0 aromatic carbocycles. The monoisotopic (exact) mass is 243 g/mol. The van der Waals surface area contributed by atoms with Crippen molar-refractivity contribution in [1.29, 1.82) is 0 Å². The molecule has 0 aromatic rings. The number of ether oxygens (including phenoxy) is 1. The van der Waals surface area contributed by atoms with E-state index in [1.54, 1.807) is 0 Å². The molecule has 0 aliphatic carbocycles. The molecule has 0 spiro atoms. The van der Waals surface area contributed by atoms with Crippen LogP contribution < -0.4 is 5.32 Å². The Kier molecular flexibility index (Phi) is 4.93. The molecule has 2 N–H and O–H groups in total. The van der Waals surface area contributed by atoms with Gasteiger partial charge >= 0.3 is 5.97 Å². The van der Waals surface area contributed by atoms with E-state index in [-0.39, 0.29) is 17.9 Å². The lowest BCUT2D eigenvalue weighted by atomic mass is 10.0. The predicted molar refractivity (Wildman–Crippen MR) is 62.6 cm³/mol. The summed E-state index contributed by atoms with van der Waals surface area (Å²) in [7, 11) is 0. The lowest BCUT2D eigenvalue weighted by Gasteiger charge is -2.19. The third-order valence-corrected chi connectivity index (χ3v) is 2.85. The van der Waals surface area contributed by atoms with Gasteiger partial charge in [-0.1, -0.05) is 13.8 Å². The zero-order valence-electron chi connectivity index (χ0n) is 10.6. The molecule has 5 heteroatoms. The number of amides is 1. The molecule has 0 aromatic heterocycles. The summed E-state index contributed by atoms with van der Waals surface area (Å²) in [5, 5.41) is 11.6. The van der Waals surface area contributed by atoms with Gasteiger partial charge in [-0.2, -0.15) is 0 Å². The number of carboxylic acids is 1. The second-order valence-corrected chi connectivity index (χ2v) is 5.04. The highest BCUT2D eigenvalue weighted by Crippen LogP contribution is 2.19. The number of carbonyl (C=O) groups excluding carboxylic acids is 1. The Bertz CT molecular complexity index is 290. The Morgan fingerprint density at radius 1 is 1.41 bits per heavy atom. The molecule has 1 fully saturated rings. The highest BCUT2D eigenvalue weighted by molar-refractivity contribution is 5.86. The van der Waals surface area contributed by atoms with Crippen LogP contribution in [-0.4, -0.2) is 35.2 Å². The van der Waals surface area contributed by atoms with Gasteiger partial charge in [-0.25, -0.2) is 4.79 Å². The van der Waals surface area contributed by atoms with Crippen LogP contribution in [0.1, 0.15) is 40.0 Å². The first-order valence-corrected chi connectivity index (χ1v) is 6.08. The summed E-state index contributed by atoms with van der Waals surface area (Å²) < 4.78 is 5.40. The fraction of sp³-hybridized carbons (Fsp3) is 0.833. The first-order chi connectivity index (χ1) is 7.90. The van der Waals surface area contributed by atoms with Crippen LogP contribution >= 0.6 is 0 Å². The Morgan fingerprint density at radius 3 is 2.47 bits per heavy atom. The van der Waals surface area contributed by atoms with Crippen molar-refractivity contribution in [3.05, 3.63) is 0 Å². The summed E-state index contributed by atoms with van der Waals surface area (Å²) in [4.78, 5) is 22.8. The summed E-state index contributed by atoms with van der Waals surface area (Å²) in [5.74, 6) is -1.07. The molecular formula is C12H21NO4. The third kappa shape index (κ3) is 4.34. The molecule has 98 valence electrons. The average Bonchev–Trinajstić information content (AvgIpc) is 2.63. The number of carbonyl (C=O) groups is 2. The summed E-state index contributed by atoms with van der Waals surface area (Å²) in [6.45, 7) is 5.77. The molecule has 1 amide bonds. The number of nitrogens with one attached hydrogen (secondary N) is 1. The molecule has 5 nitrogen and oxygen atoms in total. The zero-order chi connectivity index (χ0) is 13.0. The van der Waals surface area contributed by atoms with Crippen LogP contribution in [-0.2, 0) is 14.3 Å². The number of hydrogen-bond donors (Lipinski definition) is 2. The van der Waals surface area contributed by atoms with Gasteiger partial charge in [-0.15, -0.1) is 0 Å². The van der Waals surface area contributed by atoms with Gasteiger partial charge in [0.05, 0.1) is 6.10 Å². The fourth-order valence-corrected chi connectivity index (χ4v) is 1.95. The van der Waals surface area contributed by atoms with Gasteiger partial charge in [0.1, 0.15) is 12.1 Å². The number of hydrogen-bond acceptors (Lipinski definition) is 3. The molecule has 0 saturated carbocycles. The van der Waals surface area contributed by atoms with Crippen molar-refractivity contribution in [1.82, 2.24) is 5.32 Å². The smallest absolute Gasteiger partial charge is 0.326 e. The van der Waals surface area contributed by atoms with Crippen LogP contribution in [0.15, 0.2) is 0 Å². The normalized spacial score (nSPS) is 25.9. The molecule has 1 aliphatic heterocycles. The van der Waals surface area contributed by atoms with Crippen LogP contribution in [0.2, 0.25) is 0 Å². The highest BCUT2D eigenvalue weighted by Gasteiger charge is 2.31. The summed E-state index contributed by atoms with van der Waals surface area (Å²) in [6.07, 6.45) is 1.54. The second kappa shape index (κ2) is 6.00. The average molecular weight is 243 g/mol. The molecule has 0 bridgehead atoms. The minimum atomic E-state index is -0.988. The van der Waals surface area contributed by atoms with Crippen molar-refractivity contribution in [2.45, 2.75) is 58.3 Å². The minimum Gasteiger partial charge on any atom is -0.480 e. The maximum absolute atomic E-state index is 11.8. The third-order valence-electron chi connectivity index (χ3n) is 2.85. The molecule has 3 atom stereocenters. The summed E-state index contributed by atoms with van der Waals surface area (Å²) in [6, 6.07) is -0.818. The standard InChI is InChI=1S/C12H21NO4/c1-7(2)6-9(12(15)16)13-11(14)10-5-4-8(3)17-10/h7-10H,4-6H2,1-3H3,(H,13,14)(H,15,16)/t8?,9-,10?/m1/s1. The van der Waals surface area contributed by atoms with E-state index in [1.807, 2.05) is 20.8 Å². The molecule has 0 radical (unpaired) electrons. The molecule has 2 unspecified atom stereocenters. The van der Waals surface area contributed by atoms with Gasteiger partial charge in [-0.3, -0.25) is 4.79 Å². The van der Waals surface area contributed by atoms with Crippen LogP contribution in [0, 0.1) is 5.92 Å². The molecular weight excluding hydrogens is 222 g/mol. The van der Waals surface area contributed by atoms with Gasteiger partial charge in [0.25, 0.3) is 0 Å². The summed E-state index contributed by atoms with van der Waals surface area (Å²) >= 11 is 0. The van der Waals surface area contributed by atoms with Crippen molar-refractivity contribution in [3.63, 3.8) is 0 Å². The van der Waals surface area contributed by atoms with E-state index in [4.69, 9.17) is 9.84 Å². The van der Waals surface area contributed by atoms with Crippen molar-refractivity contribution < 1.29 is 19.4 Å². The van der Waals surface area contributed by atoms with Crippen molar-refractivity contribution >= 4 is 11.9 Å². The zero-order valence-corrected chi connectivity index (χ0v) is 10.6. The van der Waals surface area contributed by atoms with E-state index in [2.05, 4.69) is 5.32 Å². The van der Waals surface area contributed by atoms with Gasteiger partial charge < -0.3 is 15.2 Å². The van der Waals surface area contributed by atoms with Crippen LogP contribution in [0.5, 0.6) is 0 Å². The van der Waals surface area contributed by atoms with Crippen molar-refractivity contribution in [3.8, 4) is 0 Å². The second-order valence-electron chi connectivity index (χ2n) is 5.04. The molecule has 1 aliphatic rings. The summed E-state index contributed by atoms with van der Waals surface area (Å²) in [5.41, 5.74) is 0.